The van der Waals surface area contributed by atoms with Crippen LogP contribution >= 0.6 is 11.8 Å². The van der Waals surface area contributed by atoms with Crippen molar-refractivity contribution in [1.82, 2.24) is 14.9 Å². The number of nitrogens with one attached hydrogen (secondary N) is 1. The number of imidazole rings is 1. The predicted octanol–water partition coefficient (Wildman–Crippen LogP) is 4.19. The Bertz CT molecular complexity index is 972. The molecule has 0 saturated carbocycles. The van der Waals surface area contributed by atoms with Gasteiger partial charge >= 0.3 is 0 Å². The van der Waals surface area contributed by atoms with Crippen LogP contribution in [-0.2, 0) is 4.79 Å². The van der Waals surface area contributed by atoms with Crippen LogP contribution in [0.4, 0.5) is 0 Å². The topological polar surface area (TPSA) is 46.9 Å². The molecule has 4 nitrogen and oxygen atoms in total. The first-order valence-corrected chi connectivity index (χ1v) is 10.9. The summed E-state index contributed by atoms with van der Waals surface area (Å²) in [6.45, 7) is 16.9. The van der Waals surface area contributed by atoms with Crippen molar-refractivity contribution in [2.75, 3.05) is 0 Å². The van der Waals surface area contributed by atoms with Crippen LogP contribution in [0.1, 0.15) is 52.6 Å². The van der Waals surface area contributed by atoms with Gasteiger partial charge in [-0.25, -0.2) is 4.98 Å². The Labute approximate surface area is 178 Å². The summed E-state index contributed by atoms with van der Waals surface area (Å²) in [6.07, 6.45) is 5.37. The van der Waals surface area contributed by atoms with E-state index in [-0.39, 0.29) is 12.1 Å². The van der Waals surface area contributed by atoms with Gasteiger partial charge in [0.1, 0.15) is 6.29 Å². The van der Waals surface area contributed by atoms with E-state index in [0.29, 0.717) is 12.3 Å². The molecule has 29 heavy (non-hydrogen) atoms. The molecule has 1 N–H and O–H groups in total. The molecule has 1 heterocycles. The smallest absolute Gasteiger partial charge is 0.122 e. The van der Waals surface area contributed by atoms with Gasteiger partial charge in [0.15, 0.2) is 0 Å². The second kappa shape index (κ2) is 10.5. The van der Waals surface area contributed by atoms with E-state index in [0.717, 1.165) is 27.6 Å². The van der Waals surface area contributed by atoms with Crippen molar-refractivity contribution < 1.29 is 4.79 Å². The highest BCUT2D eigenvalue weighted by molar-refractivity contribution is 8.07. The summed E-state index contributed by atoms with van der Waals surface area (Å²) in [7, 11) is 0. The molecule has 0 fully saturated rings. The summed E-state index contributed by atoms with van der Waals surface area (Å²) in [5.74, 6) is 0.338. The highest BCUT2D eigenvalue weighted by Gasteiger charge is 2.13. The zero-order chi connectivity index (χ0) is 21.6. The first kappa shape index (κ1) is 23.0. The summed E-state index contributed by atoms with van der Waals surface area (Å²) in [5, 5.41) is 5.40. The van der Waals surface area contributed by atoms with Crippen molar-refractivity contribution in [2.45, 2.75) is 64.9 Å². The van der Waals surface area contributed by atoms with Gasteiger partial charge < -0.3 is 14.7 Å². The summed E-state index contributed by atoms with van der Waals surface area (Å²) in [6, 6.07) is 8.84. The summed E-state index contributed by atoms with van der Waals surface area (Å²) in [5.41, 5.74) is 2.04. The number of hydrogen-bond acceptors (Lipinski definition) is 4. The van der Waals surface area contributed by atoms with Crippen molar-refractivity contribution in [3.63, 3.8) is 0 Å². The van der Waals surface area contributed by atoms with Crippen molar-refractivity contribution in [2.24, 2.45) is 5.92 Å². The molecule has 0 aliphatic heterocycles. The van der Waals surface area contributed by atoms with Gasteiger partial charge in [0, 0.05) is 34.0 Å². The van der Waals surface area contributed by atoms with E-state index in [2.05, 4.69) is 82.3 Å². The lowest BCUT2D eigenvalue weighted by Gasteiger charge is -2.21. The van der Waals surface area contributed by atoms with Gasteiger partial charge in [0.25, 0.3) is 0 Å². The Hall–Kier alpha value is -2.27. The molecule has 0 aliphatic rings. The Balaban J connectivity index is 2.47. The van der Waals surface area contributed by atoms with Crippen molar-refractivity contribution in [3.8, 4) is 0 Å². The fourth-order valence-electron chi connectivity index (χ4n) is 3.15. The number of hydrogen-bond donors (Lipinski definition) is 1. The first-order valence-electron chi connectivity index (χ1n) is 10.1. The monoisotopic (exact) mass is 411 g/mol. The van der Waals surface area contributed by atoms with E-state index >= 15 is 0 Å². The molecule has 0 amide bonds. The molecule has 1 aromatic carbocycles. The van der Waals surface area contributed by atoms with Crippen LogP contribution < -0.4 is 16.0 Å². The lowest BCUT2D eigenvalue weighted by Crippen LogP contribution is -2.36. The lowest BCUT2D eigenvalue weighted by molar-refractivity contribution is -0.108. The van der Waals surface area contributed by atoms with E-state index in [1.807, 2.05) is 12.4 Å². The number of rotatable bonds is 9. The van der Waals surface area contributed by atoms with E-state index in [1.54, 1.807) is 11.8 Å². The summed E-state index contributed by atoms with van der Waals surface area (Å²) >= 11 is 1.73. The van der Waals surface area contributed by atoms with Gasteiger partial charge in [-0.1, -0.05) is 49.9 Å². The minimum absolute atomic E-state index is 0.0712. The van der Waals surface area contributed by atoms with Gasteiger partial charge in [0.05, 0.1) is 17.0 Å². The second-order valence-corrected chi connectivity index (χ2v) is 9.31. The first-order chi connectivity index (χ1) is 13.7. The number of carbonyl (C=O) groups excluding carboxylic acids is 1. The van der Waals surface area contributed by atoms with E-state index in [1.165, 1.54) is 10.5 Å². The molecule has 5 heteroatoms. The molecule has 1 unspecified atom stereocenters. The molecular weight excluding hydrogens is 378 g/mol. The molecule has 0 aliphatic carbocycles. The predicted molar refractivity (Wildman–Crippen MR) is 124 cm³/mol. The fourth-order valence-corrected chi connectivity index (χ4v) is 4.15. The number of aromatic nitrogens is 2. The number of benzene rings is 1. The maximum atomic E-state index is 11.0. The molecule has 2 rings (SSSR count). The highest BCUT2D eigenvalue weighted by Crippen LogP contribution is 2.26. The van der Waals surface area contributed by atoms with Crippen LogP contribution in [0.15, 0.2) is 47.8 Å². The average molecular weight is 412 g/mol. The van der Waals surface area contributed by atoms with Crippen LogP contribution in [-0.4, -0.2) is 21.9 Å². The third-order valence-electron chi connectivity index (χ3n) is 4.82. The van der Waals surface area contributed by atoms with Crippen LogP contribution in [0, 0.1) is 12.8 Å². The summed E-state index contributed by atoms with van der Waals surface area (Å²) in [4.78, 5) is 18.1. The third kappa shape index (κ3) is 6.36. The number of nitrogens with zero attached hydrogens (tertiary/aromatic N) is 2. The Kier molecular flexibility index (Phi) is 8.32. The van der Waals surface area contributed by atoms with Crippen molar-refractivity contribution in [1.29, 1.82) is 0 Å². The van der Waals surface area contributed by atoms with Crippen LogP contribution in [0.25, 0.3) is 11.0 Å². The van der Waals surface area contributed by atoms with Gasteiger partial charge in [-0.15, -0.1) is 0 Å². The average Bonchev–Trinajstić information content (AvgIpc) is 3.05. The molecule has 0 spiro atoms. The zero-order valence-corrected chi connectivity index (χ0v) is 19.2. The maximum Gasteiger partial charge on any atom is 0.122 e. The Morgan fingerprint density at radius 1 is 1.31 bits per heavy atom. The fraction of sp³-hybridized carbons (Fsp3) is 0.417. The third-order valence-corrected chi connectivity index (χ3v) is 5.81. The standard InChI is InChI=1S/C24H33N3OS/c1-16(2)22(11-12-28)26-19(6)14-23-24(25-15-27(23)17(3)4)20(7)29-21-10-8-9-18(5)13-21/h8-10,12-17,22,26H,6,11H2,1-5,7H3/b23-14+,24-20-. The lowest BCUT2D eigenvalue weighted by atomic mass is 10.0. The molecule has 0 bridgehead atoms. The highest BCUT2D eigenvalue weighted by atomic mass is 32.2. The van der Waals surface area contributed by atoms with Gasteiger partial charge in [-0.3, -0.25) is 0 Å². The van der Waals surface area contributed by atoms with Gasteiger partial charge in [0.2, 0.25) is 0 Å². The minimum Gasteiger partial charge on any atom is -0.382 e. The number of aryl methyl sites for hydroxylation is 1. The maximum absolute atomic E-state index is 11.0. The van der Waals surface area contributed by atoms with Crippen LogP contribution in [0.5, 0.6) is 0 Å². The Morgan fingerprint density at radius 2 is 2.03 bits per heavy atom. The largest absolute Gasteiger partial charge is 0.382 e. The number of carbonyl (C=O) groups is 1. The molecule has 2 aromatic rings. The Morgan fingerprint density at radius 3 is 2.62 bits per heavy atom. The van der Waals surface area contributed by atoms with Crippen molar-refractivity contribution in [3.05, 3.63) is 59.1 Å². The number of allylic oxidation sites excluding steroid dienone is 1. The normalized spacial score (nSPS) is 14.3. The number of thioether (sulfide) groups is 1. The molecule has 0 saturated heterocycles. The molecule has 156 valence electrons. The van der Waals surface area contributed by atoms with Crippen LogP contribution in [0.2, 0.25) is 0 Å². The minimum atomic E-state index is 0.0712. The quantitative estimate of drug-likeness (QED) is 0.496. The van der Waals surface area contributed by atoms with Gasteiger partial charge in [-0.05, 0) is 51.8 Å². The second-order valence-electron chi connectivity index (χ2n) is 8.02. The zero-order valence-electron chi connectivity index (χ0n) is 18.4. The van der Waals surface area contributed by atoms with Crippen molar-refractivity contribution >= 4 is 29.0 Å². The van der Waals surface area contributed by atoms with Gasteiger partial charge in [-0.2, -0.15) is 0 Å². The van der Waals surface area contributed by atoms with Crippen LogP contribution in [0.3, 0.4) is 0 Å². The molecule has 0 radical (unpaired) electrons. The SMILES string of the molecule is C=C(/C=c1\c(=C(/C)Sc2cccc(C)c2)ncn1C(C)C)NC(CC=O)C(C)C. The number of aldehydes is 1. The molecule has 1 atom stereocenters. The van der Waals surface area contributed by atoms with E-state index < -0.39 is 0 Å². The van der Waals surface area contributed by atoms with E-state index in [4.69, 9.17) is 4.98 Å². The van der Waals surface area contributed by atoms with E-state index in [9.17, 15) is 4.79 Å². The molecule has 1 aromatic heterocycles. The summed E-state index contributed by atoms with van der Waals surface area (Å²) < 4.78 is 2.16. The molecular formula is C24H33N3OS.